The first-order valence-electron chi connectivity index (χ1n) is 3.25. The van der Waals surface area contributed by atoms with Crippen LogP contribution < -0.4 is 5.73 Å². The van der Waals surface area contributed by atoms with Gasteiger partial charge in [0.2, 0.25) is 5.91 Å². The standard InChI is InChI=1S/C4H7NO.C3H6O3/c1-3(2)4(5)6;1-2-3(4)6-5/h1H2,2H3,(H2,5,6);5H,2H2,1H3. The molecule has 0 heterocycles. The highest BCUT2D eigenvalue weighted by Gasteiger charge is 1.90. The van der Waals surface area contributed by atoms with Crippen LogP contribution in [0.3, 0.4) is 0 Å². The molecule has 0 unspecified atom stereocenters. The summed E-state index contributed by atoms with van der Waals surface area (Å²) in [7, 11) is 0. The number of rotatable bonds is 2. The Kier molecular flexibility index (Phi) is 8.55. The molecular formula is C7H13NO4. The molecule has 0 aromatic rings. The summed E-state index contributed by atoms with van der Waals surface area (Å²) < 4.78 is 0. The predicted molar refractivity (Wildman–Crippen MR) is 43.0 cm³/mol. The zero-order chi connectivity index (χ0) is 10.1. The summed E-state index contributed by atoms with van der Waals surface area (Å²) in [6.07, 6.45) is 0.219. The van der Waals surface area contributed by atoms with Crippen molar-refractivity contribution in [2.24, 2.45) is 5.73 Å². The van der Waals surface area contributed by atoms with E-state index in [1.165, 1.54) is 0 Å². The summed E-state index contributed by atoms with van der Waals surface area (Å²) in [6, 6.07) is 0. The Morgan fingerprint density at radius 3 is 1.92 bits per heavy atom. The lowest BCUT2D eigenvalue weighted by molar-refractivity contribution is -0.233. The van der Waals surface area contributed by atoms with Crippen molar-refractivity contribution in [2.75, 3.05) is 0 Å². The molecule has 0 rings (SSSR count). The van der Waals surface area contributed by atoms with E-state index in [4.69, 9.17) is 11.0 Å². The van der Waals surface area contributed by atoms with Gasteiger partial charge in [-0.1, -0.05) is 13.5 Å². The molecule has 0 spiro atoms. The maximum atomic E-state index is 9.82. The van der Waals surface area contributed by atoms with Crippen LogP contribution in [-0.2, 0) is 14.5 Å². The van der Waals surface area contributed by atoms with E-state index in [2.05, 4.69) is 11.5 Å². The average molecular weight is 175 g/mol. The van der Waals surface area contributed by atoms with E-state index in [9.17, 15) is 9.59 Å². The molecule has 0 aliphatic rings. The normalized spacial score (nSPS) is 7.58. The zero-order valence-electron chi connectivity index (χ0n) is 7.16. The van der Waals surface area contributed by atoms with E-state index in [-0.39, 0.29) is 6.42 Å². The van der Waals surface area contributed by atoms with Crippen LogP contribution in [0.15, 0.2) is 12.2 Å². The monoisotopic (exact) mass is 175 g/mol. The van der Waals surface area contributed by atoms with Crippen molar-refractivity contribution in [3.63, 3.8) is 0 Å². The van der Waals surface area contributed by atoms with Crippen molar-refractivity contribution in [1.29, 1.82) is 0 Å². The van der Waals surface area contributed by atoms with Crippen LogP contribution in [0.5, 0.6) is 0 Å². The van der Waals surface area contributed by atoms with Gasteiger partial charge in [0.25, 0.3) is 0 Å². The molecule has 12 heavy (non-hydrogen) atoms. The minimum atomic E-state index is -0.602. The van der Waals surface area contributed by atoms with Crippen LogP contribution in [0.2, 0.25) is 0 Å². The molecule has 5 nitrogen and oxygen atoms in total. The first kappa shape index (κ1) is 13.2. The SMILES string of the molecule is C=C(C)C(N)=O.CCC(=O)OO. The topological polar surface area (TPSA) is 89.6 Å². The molecule has 0 saturated heterocycles. The van der Waals surface area contributed by atoms with Gasteiger partial charge in [-0.3, -0.25) is 4.79 Å². The fourth-order valence-corrected chi connectivity index (χ4v) is 0.0645. The number of hydrogen-bond acceptors (Lipinski definition) is 4. The van der Waals surface area contributed by atoms with E-state index in [1.807, 2.05) is 0 Å². The summed E-state index contributed by atoms with van der Waals surface area (Å²) in [6.45, 7) is 6.45. The van der Waals surface area contributed by atoms with Gasteiger partial charge in [-0.05, 0) is 6.92 Å². The van der Waals surface area contributed by atoms with E-state index >= 15 is 0 Å². The highest BCUT2D eigenvalue weighted by Crippen LogP contribution is 1.78. The summed E-state index contributed by atoms with van der Waals surface area (Å²) in [4.78, 5) is 22.8. The average Bonchev–Trinajstić information content (AvgIpc) is 2.04. The van der Waals surface area contributed by atoms with Crippen molar-refractivity contribution in [2.45, 2.75) is 20.3 Å². The van der Waals surface area contributed by atoms with Crippen molar-refractivity contribution in [1.82, 2.24) is 0 Å². The lowest BCUT2D eigenvalue weighted by Crippen LogP contribution is -2.10. The quantitative estimate of drug-likeness (QED) is 0.362. The highest BCUT2D eigenvalue weighted by atomic mass is 17.1. The van der Waals surface area contributed by atoms with Gasteiger partial charge in [-0.15, -0.1) is 0 Å². The number of amides is 1. The first-order chi connectivity index (χ1) is 5.45. The number of carbonyl (C=O) groups excluding carboxylic acids is 2. The fourth-order valence-electron chi connectivity index (χ4n) is 0.0645. The third kappa shape index (κ3) is 11.4. The molecule has 5 heteroatoms. The third-order valence-electron chi connectivity index (χ3n) is 0.811. The Labute approximate surface area is 70.7 Å². The lowest BCUT2D eigenvalue weighted by Gasteiger charge is -1.83. The second-order valence-electron chi connectivity index (χ2n) is 1.96. The molecule has 0 bridgehead atoms. The van der Waals surface area contributed by atoms with Gasteiger partial charge >= 0.3 is 5.97 Å². The van der Waals surface area contributed by atoms with Crippen LogP contribution in [0.4, 0.5) is 0 Å². The van der Waals surface area contributed by atoms with Crippen molar-refractivity contribution in [3.8, 4) is 0 Å². The van der Waals surface area contributed by atoms with E-state index in [0.29, 0.717) is 5.57 Å². The molecule has 0 atom stereocenters. The Bertz CT molecular complexity index is 158. The Morgan fingerprint density at radius 2 is 1.92 bits per heavy atom. The molecule has 3 N–H and O–H groups in total. The molecule has 0 aromatic carbocycles. The first-order valence-corrected chi connectivity index (χ1v) is 3.25. The van der Waals surface area contributed by atoms with Gasteiger partial charge in [-0.25, -0.2) is 4.79 Å². The van der Waals surface area contributed by atoms with E-state index in [1.54, 1.807) is 13.8 Å². The Balaban J connectivity index is 0. The number of nitrogens with two attached hydrogens (primary N) is 1. The van der Waals surface area contributed by atoms with Crippen molar-refractivity contribution in [3.05, 3.63) is 12.2 Å². The number of hydrogen-bond donors (Lipinski definition) is 2. The molecule has 70 valence electrons. The maximum Gasteiger partial charge on any atom is 0.341 e. The smallest absolute Gasteiger partial charge is 0.341 e. The predicted octanol–water partition coefficient (Wildman–Crippen LogP) is 0.460. The molecule has 1 amide bonds. The molecule has 0 aliphatic heterocycles. The largest absolute Gasteiger partial charge is 0.366 e. The van der Waals surface area contributed by atoms with E-state index < -0.39 is 11.9 Å². The van der Waals surface area contributed by atoms with Gasteiger partial charge in [0, 0.05) is 12.0 Å². The zero-order valence-corrected chi connectivity index (χ0v) is 7.16. The van der Waals surface area contributed by atoms with Gasteiger partial charge in [0.1, 0.15) is 0 Å². The van der Waals surface area contributed by atoms with Gasteiger partial charge in [-0.2, -0.15) is 5.26 Å². The summed E-state index contributed by atoms with van der Waals surface area (Å²) >= 11 is 0. The second-order valence-corrected chi connectivity index (χ2v) is 1.96. The molecule has 0 aromatic heterocycles. The Morgan fingerprint density at radius 1 is 1.58 bits per heavy atom. The molecule has 0 fully saturated rings. The molecule has 0 radical (unpaired) electrons. The summed E-state index contributed by atoms with van der Waals surface area (Å²) in [5.74, 6) is -1.04. The van der Waals surface area contributed by atoms with Gasteiger partial charge in [0.15, 0.2) is 0 Å². The molecule has 0 aliphatic carbocycles. The van der Waals surface area contributed by atoms with Crippen molar-refractivity contribution < 1.29 is 19.7 Å². The highest BCUT2D eigenvalue weighted by molar-refractivity contribution is 5.90. The number of carbonyl (C=O) groups is 2. The number of primary amides is 1. The summed E-state index contributed by atoms with van der Waals surface area (Å²) in [5.41, 5.74) is 5.09. The van der Waals surface area contributed by atoms with Crippen LogP contribution in [-0.4, -0.2) is 17.1 Å². The minimum absolute atomic E-state index is 0.219. The fraction of sp³-hybridized carbons (Fsp3) is 0.429. The summed E-state index contributed by atoms with van der Waals surface area (Å²) in [5, 5.41) is 7.49. The lowest BCUT2D eigenvalue weighted by atomic mass is 10.3. The van der Waals surface area contributed by atoms with Crippen LogP contribution in [0, 0.1) is 0 Å². The molecular weight excluding hydrogens is 162 g/mol. The van der Waals surface area contributed by atoms with Gasteiger partial charge < -0.3 is 10.6 Å². The molecule has 0 saturated carbocycles. The Hall–Kier alpha value is -1.36. The van der Waals surface area contributed by atoms with Crippen LogP contribution in [0.1, 0.15) is 20.3 Å². The minimum Gasteiger partial charge on any atom is -0.366 e. The van der Waals surface area contributed by atoms with Gasteiger partial charge in [0.05, 0.1) is 0 Å². The second kappa shape index (κ2) is 7.74. The van der Waals surface area contributed by atoms with Crippen molar-refractivity contribution >= 4 is 11.9 Å². The maximum absolute atomic E-state index is 9.82. The van der Waals surface area contributed by atoms with Crippen LogP contribution >= 0.6 is 0 Å². The van der Waals surface area contributed by atoms with E-state index in [0.717, 1.165) is 0 Å². The van der Waals surface area contributed by atoms with Crippen LogP contribution in [0.25, 0.3) is 0 Å². The third-order valence-corrected chi connectivity index (χ3v) is 0.811.